The summed E-state index contributed by atoms with van der Waals surface area (Å²) in [5.74, 6) is 0.363. The summed E-state index contributed by atoms with van der Waals surface area (Å²) < 4.78 is 0. The first-order valence-electron chi connectivity index (χ1n) is 2.83. The van der Waals surface area contributed by atoms with E-state index in [0.29, 0.717) is 17.1 Å². The van der Waals surface area contributed by atoms with Crippen molar-refractivity contribution in [2.24, 2.45) is 0 Å². The molecule has 0 atom stereocenters. The van der Waals surface area contributed by atoms with Crippen LogP contribution in [0.25, 0.3) is 0 Å². The van der Waals surface area contributed by atoms with Crippen LogP contribution in [0.3, 0.4) is 0 Å². The van der Waals surface area contributed by atoms with Gasteiger partial charge in [-0.1, -0.05) is 0 Å². The fourth-order valence-electron chi connectivity index (χ4n) is 0.628. The average Bonchev–Trinajstić information content (AvgIpc) is 1.88. The van der Waals surface area contributed by atoms with Crippen LogP contribution in [0.15, 0.2) is 12.5 Å². The zero-order chi connectivity index (χ0) is 7.56. The predicted molar refractivity (Wildman–Crippen MR) is 38.9 cm³/mol. The van der Waals surface area contributed by atoms with Gasteiger partial charge in [-0.05, 0) is 6.92 Å². The van der Waals surface area contributed by atoms with Gasteiger partial charge in [0, 0.05) is 11.9 Å². The molecule has 0 amide bonds. The molecule has 0 aromatic carbocycles. The Bertz CT molecular complexity index is 256. The summed E-state index contributed by atoms with van der Waals surface area (Å²) >= 11 is 0. The van der Waals surface area contributed by atoms with E-state index in [2.05, 4.69) is 9.97 Å². The van der Waals surface area contributed by atoms with Crippen molar-refractivity contribution in [3.63, 3.8) is 0 Å². The van der Waals surface area contributed by atoms with Gasteiger partial charge in [0.1, 0.15) is 12.1 Å². The summed E-state index contributed by atoms with van der Waals surface area (Å²) in [6.45, 7) is 1.65. The highest BCUT2D eigenvalue weighted by Gasteiger charge is 1.99. The SMILES string of the molecule is CC(=N)c1cncnc1N. The topological polar surface area (TPSA) is 75.7 Å². The molecule has 0 bridgehead atoms. The van der Waals surface area contributed by atoms with E-state index in [0.717, 1.165) is 0 Å². The quantitative estimate of drug-likeness (QED) is 0.550. The number of nitrogens with one attached hydrogen (secondary N) is 1. The van der Waals surface area contributed by atoms with Gasteiger partial charge in [0.15, 0.2) is 0 Å². The molecule has 1 rings (SSSR count). The van der Waals surface area contributed by atoms with E-state index < -0.39 is 0 Å². The highest BCUT2D eigenvalue weighted by molar-refractivity contribution is 5.99. The minimum atomic E-state index is 0.363. The maximum atomic E-state index is 7.22. The minimum Gasteiger partial charge on any atom is -0.383 e. The molecule has 1 heterocycles. The third-order valence-corrected chi connectivity index (χ3v) is 1.15. The second-order valence-electron chi connectivity index (χ2n) is 1.95. The molecule has 0 spiro atoms. The first kappa shape index (κ1) is 6.67. The van der Waals surface area contributed by atoms with Crippen LogP contribution in [0.4, 0.5) is 5.82 Å². The molecule has 0 aliphatic heterocycles. The fraction of sp³-hybridized carbons (Fsp3) is 0.167. The van der Waals surface area contributed by atoms with Crippen molar-refractivity contribution in [2.45, 2.75) is 6.92 Å². The van der Waals surface area contributed by atoms with E-state index in [1.54, 1.807) is 6.92 Å². The van der Waals surface area contributed by atoms with Gasteiger partial charge in [0.25, 0.3) is 0 Å². The monoisotopic (exact) mass is 136 g/mol. The van der Waals surface area contributed by atoms with Crippen molar-refractivity contribution in [3.8, 4) is 0 Å². The molecule has 3 N–H and O–H groups in total. The first-order valence-corrected chi connectivity index (χ1v) is 2.83. The number of nitrogens with two attached hydrogens (primary N) is 1. The Hall–Kier alpha value is -1.45. The van der Waals surface area contributed by atoms with Crippen molar-refractivity contribution >= 4 is 11.5 Å². The zero-order valence-electron chi connectivity index (χ0n) is 5.63. The van der Waals surface area contributed by atoms with Crippen molar-refractivity contribution in [3.05, 3.63) is 18.1 Å². The Morgan fingerprint density at radius 3 is 2.80 bits per heavy atom. The van der Waals surface area contributed by atoms with E-state index in [-0.39, 0.29) is 0 Å². The van der Waals surface area contributed by atoms with Crippen LogP contribution in [0.1, 0.15) is 12.5 Å². The van der Waals surface area contributed by atoms with Crippen LogP contribution in [-0.2, 0) is 0 Å². The largest absolute Gasteiger partial charge is 0.383 e. The Balaban J connectivity index is 3.15. The lowest BCUT2D eigenvalue weighted by Gasteiger charge is -1.98. The summed E-state index contributed by atoms with van der Waals surface area (Å²) in [5, 5.41) is 7.22. The van der Waals surface area contributed by atoms with Crippen LogP contribution < -0.4 is 5.73 Å². The molecule has 0 unspecified atom stereocenters. The standard InChI is InChI=1S/C6H8N4/c1-4(7)5-2-9-3-10-6(5)8/h2-3,7H,1H3,(H2,8,9,10). The number of hydrogen-bond donors (Lipinski definition) is 2. The van der Waals surface area contributed by atoms with Gasteiger partial charge in [-0.15, -0.1) is 0 Å². The van der Waals surface area contributed by atoms with Gasteiger partial charge < -0.3 is 11.1 Å². The fourth-order valence-corrected chi connectivity index (χ4v) is 0.628. The molecule has 0 aliphatic carbocycles. The van der Waals surface area contributed by atoms with Crippen LogP contribution in [0.2, 0.25) is 0 Å². The van der Waals surface area contributed by atoms with Gasteiger partial charge in [0.2, 0.25) is 0 Å². The Kier molecular flexibility index (Phi) is 1.62. The van der Waals surface area contributed by atoms with E-state index >= 15 is 0 Å². The van der Waals surface area contributed by atoms with E-state index in [4.69, 9.17) is 11.1 Å². The van der Waals surface area contributed by atoms with E-state index in [1.807, 2.05) is 0 Å². The van der Waals surface area contributed by atoms with Gasteiger partial charge in [-0.25, -0.2) is 9.97 Å². The number of nitrogens with zero attached hydrogens (tertiary/aromatic N) is 2. The lowest BCUT2D eigenvalue weighted by molar-refractivity contribution is 1.16. The molecule has 0 radical (unpaired) electrons. The van der Waals surface area contributed by atoms with Gasteiger partial charge >= 0.3 is 0 Å². The molecule has 0 saturated heterocycles. The predicted octanol–water partition coefficient (Wildman–Crippen LogP) is 0.447. The lowest BCUT2D eigenvalue weighted by atomic mass is 10.2. The highest BCUT2D eigenvalue weighted by Crippen LogP contribution is 2.04. The second-order valence-corrected chi connectivity index (χ2v) is 1.95. The lowest BCUT2D eigenvalue weighted by Crippen LogP contribution is -2.02. The summed E-state index contributed by atoms with van der Waals surface area (Å²) in [6.07, 6.45) is 2.90. The van der Waals surface area contributed by atoms with Crippen molar-refractivity contribution in [1.29, 1.82) is 5.41 Å². The normalized spacial score (nSPS) is 9.30. The number of rotatable bonds is 1. The Morgan fingerprint density at radius 1 is 1.70 bits per heavy atom. The molecule has 0 fully saturated rings. The summed E-state index contributed by atoms with van der Waals surface area (Å²) in [4.78, 5) is 7.46. The minimum absolute atomic E-state index is 0.363. The number of anilines is 1. The third kappa shape index (κ3) is 1.10. The van der Waals surface area contributed by atoms with Gasteiger partial charge in [-0.2, -0.15) is 0 Å². The van der Waals surface area contributed by atoms with Crippen LogP contribution in [-0.4, -0.2) is 15.7 Å². The van der Waals surface area contributed by atoms with E-state index in [1.165, 1.54) is 12.5 Å². The number of nitrogen functional groups attached to an aromatic ring is 1. The van der Waals surface area contributed by atoms with Crippen LogP contribution in [0.5, 0.6) is 0 Å². The highest BCUT2D eigenvalue weighted by atomic mass is 14.9. The zero-order valence-corrected chi connectivity index (χ0v) is 5.63. The van der Waals surface area contributed by atoms with Crippen molar-refractivity contribution in [1.82, 2.24) is 9.97 Å². The molecule has 4 nitrogen and oxygen atoms in total. The molecule has 10 heavy (non-hydrogen) atoms. The van der Waals surface area contributed by atoms with Crippen molar-refractivity contribution < 1.29 is 0 Å². The second kappa shape index (κ2) is 2.43. The van der Waals surface area contributed by atoms with Crippen LogP contribution >= 0.6 is 0 Å². The summed E-state index contributed by atoms with van der Waals surface area (Å²) in [7, 11) is 0. The Morgan fingerprint density at radius 2 is 2.40 bits per heavy atom. The molecular weight excluding hydrogens is 128 g/mol. The molecule has 1 aromatic heterocycles. The molecular formula is C6H8N4. The number of hydrogen-bond acceptors (Lipinski definition) is 4. The Labute approximate surface area is 58.6 Å². The molecule has 4 heteroatoms. The summed E-state index contributed by atoms with van der Waals surface area (Å²) in [6, 6.07) is 0. The maximum absolute atomic E-state index is 7.22. The van der Waals surface area contributed by atoms with Gasteiger partial charge in [-0.3, -0.25) is 0 Å². The molecule has 0 saturated carbocycles. The first-order chi connectivity index (χ1) is 4.72. The van der Waals surface area contributed by atoms with Crippen molar-refractivity contribution in [2.75, 3.05) is 5.73 Å². The molecule has 52 valence electrons. The maximum Gasteiger partial charge on any atom is 0.135 e. The number of aromatic nitrogens is 2. The van der Waals surface area contributed by atoms with Gasteiger partial charge in [0.05, 0.1) is 5.56 Å². The molecule has 0 aliphatic rings. The molecule has 1 aromatic rings. The summed E-state index contributed by atoms with van der Waals surface area (Å²) in [5.41, 5.74) is 6.42. The average molecular weight is 136 g/mol. The van der Waals surface area contributed by atoms with E-state index in [9.17, 15) is 0 Å². The smallest absolute Gasteiger partial charge is 0.135 e. The third-order valence-electron chi connectivity index (χ3n) is 1.15. The van der Waals surface area contributed by atoms with Crippen LogP contribution in [0, 0.1) is 5.41 Å².